The Morgan fingerprint density at radius 1 is 1.23 bits per heavy atom. The fourth-order valence-electron chi connectivity index (χ4n) is 4.35. The number of aromatic nitrogens is 3. The monoisotopic (exact) mass is 489 g/mol. The third kappa shape index (κ3) is 5.29. The van der Waals surface area contributed by atoms with Crippen LogP contribution in [0.3, 0.4) is 0 Å². The quantitative estimate of drug-likeness (QED) is 0.573. The lowest BCUT2D eigenvalue weighted by atomic mass is 9.98. The summed E-state index contributed by atoms with van der Waals surface area (Å²) in [5, 5.41) is 3.00. The third-order valence-electron chi connectivity index (χ3n) is 5.85. The van der Waals surface area contributed by atoms with Gasteiger partial charge in [-0.2, -0.15) is 13.2 Å². The SMILES string of the molecule is Cc1nc2cc(C(F)(F)F)c([C@H](C)Nc3ccc(C(=O)N4C[C@@H](C)O[C@@H](C)C4)cn3)cc2c(=O)[nH]1. The number of aryl methyl sites for hydroxylation is 1. The average molecular weight is 489 g/mol. The molecule has 35 heavy (non-hydrogen) atoms. The summed E-state index contributed by atoms with van der Waals surface area (Å²) in [7, 11) is 0. The first-order chi connectivity index (χ1) is 16.4. The summed E-state index contributed by atoms with van der Waals surface area (Å²) >= 11 is 0. The summed E-state index contributed by atoms with van der Waals surface area (Å²) in [5.74, 6) is 0.339. The highest BCUT2D eigenvalue weighted by Gasteiger charge is 2.35. The van der Waals surface area contributed by atoms with Gasteiger partial charge < -0.3 is 19.9 Å². The number of alkyl halides is 3. The molecule has 4 rings (SSSR count). The maximum absolute atomic E-state index is 13.8. The van der Waals surface area contributed by atoms with E-state index in [0.29, 0.717) is 24.5 Å². The number of nitrogens with one attached hydrogen (secondary N) is 2. The summed E-state index contributed by atoms with van der Waals surface area (Å²) in [5.41, 5.74) is -1.16. The number of fused-ring (bicyclic) bond motifs is 1. The smallest absolute Gasteiger partial charge is 0.372 e. The van der Waals surface area contributed by atoms with Crippen LogP contribution in [-0.2, 0) is 10.9 Å². The molecule has 11 heteroatoms. The molecule has 186 valence electrons. The van der Waals surface area contributed by atoms with Gasteiger partial charge in [-0.05, 0) is 57.5 Å². The average Bonchev–Trinajstić information content (AvgIpc) is 2.77. The molecule has 3 atom stereocenters. The van der Waals surface area contributed by atoms with E-state index < -0.39 is 23.3 Å². The number of aromatic amines is 1. The molecule has 0 bridgehead atoms. The van der Waals surface area contributed by atoms with Gasteiger partial charge in [0.1, 0.15) is 11.6 Å². The van der Waals surface area contributed by atoms with Crippen molar-refractivity contribution in [2.45, 2.75) is 52.1 Å². The number of amides is 1. The number of ether oxygens (including phenoxy) is 1. The summed E-state index contributed by atoms with van der Waals surface area (Å²) in [6, 6.07) is 4.39. The number of morpholine rings is 1. The Labute approximate surface area is 199 Å². The van der Waals surface area contributed by atoms with Crippen molar-refractivity contribution in [2.75, 3.05) is 18.4 Å². The van der Waals surface area contributed by atoms with Gasteiger partial charge in [0, 0.05) is 19.3 Å². The number of halogens is 3. The van der Waals surface area contributed by atoms with E-state index in [1.165, 1.54) is 19.2 Å². The van der Waals surface area contributed by atoms with E-state index in [4.69, 9.17) is 4.74 Å². The molecule has 0 unspecified atom stereocenters. The second-order valence-corrected chi connectivity index (χ2v) is 8.87. The highest BCUT2D eigenvalue weighted by atomic mass is 19.4. The molecule has 2 N–H and O–H groups in total. The standard InChI is InChI=1S/C24H26F3N5O3/c1-12-10-32(11-13(2)35-12)23(34)16-5-6-21(28-9-16)29-14(3)17-7-18-20(8-19(17)24(25,26)27)30-15(4)31-22(18)33/h5-9,12-14H,10-11H2,1-4H3,(H,28,29)(H,30,31,33)/t12-,13+,14-/m0/s1. The number of anilines is 1. The lowest BCUT2D eigenvalue weighted by molar-refractivity contribution is -0.138. The van der Waals surface area contributed by atoms with Crippen molar-refractivity contribution in [3.8, 4) is 0 Å². The molecule has 1 aliphatic heterocycles. The van der Waals surface area contributed by atoms with Gasteiger partial charge >= 0.3 is 6.18 Å². The predicted molar refractivity (Wildman–Crippen MR) is 124 cm³/mol. The van der Waals surface area contributed by atoms with Crippen LogP contribution in [0.15, 0.2) is 35.3 Å². The number of carbonyl (C=O) groups excluding carboxylic acids is 1. The van der Waals surface area contributed by atoms with E-state index in [1.807, 2.05) is 13.8 Å². The highest BCUT2D eigenvalue weighted by Crippen LogP contribution is 2.37. The second-order valence-electron chi connectivity index (χ2n) is 8.87. The van der Waals surface area contributed by atoms with Crippen molar-refractivity contribution in [1.29, 1.82) is 0 Å². The number of carbonyl (C=O) groups is 1. The first kappa shape index (κ1) is 24.6. The van der Waals surface area contributed by atoms with Crippen LogP contribution in [0, 0.1) is 6.92 Å². The van der Waals surface area contributed by atoms with Crippen molar-refractivity contribution in [3.63, 3.8) is 0 Å². The van der Waals surface area contributed by atoms with Crippen LogP contribution in [0.2, 0.25) is 0 Å². The van der Waals surface area contributed by atoms with Crippen LogP contribution in [0.1, 0.15) is 54.1 Å². The minimum atomic E-state index is -4.65. The molecule has 2 aromatic heterocycles. The Hall–Kier alpha value is -3.47. The molecule has 1 aromatic carbocycles. The maximum atomic E-state index is 13.8. The normalized spacial score (nSPS) is 19.6. The second kappa shape index (κ2) is 9.29. The molecule has 0 radical (unpaired) electrons. The molecule has 1 amide bonds. The van der Waals surface area contributed by atoms with E-state index in [9.17, 15) is 22.8 Å². The Kier molecular flexibility index (Phi) is 6.54. The molecule has 1 aliphatic rings. The fraction of sp³-hybridized carbons (Fsp3) is 0.417. The van der Waals surface area contributed by atoms with Crippen molar-refractivity contribution >= 4 is 22.6 Å². The molecule has 8 nitrogen and oxygen atoms in total. The van der Waals surface area contributed by atoms with E-state index in [1.54, 1.807) is 24.0 Å². The Bertz CT molecular complexity index is 1300. The van der Waals surface area contributed by atoms with Gasteiger partial charge in [0.2, 0.25) is 0 Å². The number of pyridine rings is 1. The summed E-state index contributed by atoms with van der Waals surface area (Å²) in [6.45, 7) is 7.78. The first-order valence-corrected chi connectivity index (χ1v) is 11.2. The predicted octanol–water partition coefficient (Wildman–Crippen LogP) is 4.07. The largest absolute Gasteiger partial charge is 0.416 e. The van der Waals surface area contributed by atoms with E-state index in [2.05, 4.69) is 20.3 Å². The van der Waals surface area contributed by atoms with Crippen molar-refractivity contribution < 1.29 is 22.7 Å². The molecule has 1 saturated heterocycles. The number of benzene rings is 1. The first-order valence-electron chi connectivity index (χ1n) is 11.2. The summed E-state index contributed by atoms with van der Waals surface area (Å²) in [4.78, 5) is 37.6. The summed E-state index contributed by atoms with van der Waals surface area (Å²) in [6.07, 6.45) is -3.40. The molecule has 1 fully saturated rings. The Morgan fingerprint density at radius 2 is 1.91 bits per heavy atom. The van der Waals surface area contributed by atoms with Gasteiger partial charge in [-0.25, -0.2) is 9.97 Å². The van der Waals surface area contributed by atoms with Gasteiger partial charge in [0.25, 0.3) is 11.5 Å². The Balaban J connectivity index is 1.59. The zero-order valence-corrected chi connectivity index (χ0v) is 19.7. The molecule has 0 saturated carbocycles. The van der Waals surface area contributed by atoms with Gasteiger partial charge in [-0.3, -0.25) is 9.59 Å². The highest BCUT2D eigenvalue weighted by molar-refractivity contribution is 5.94. The van der Waals surface area contributed by atoms with Gasteiger partial charge in [-0.1, -0.05) is 0 Å². The third-order valence-corrected chi connectivity index (χ3v) is 5.85. The van der Waals surface area contributed by atoms with Gasteiger partial charge in [-0.15, -0.1) is 0 Å². The van der Waals surface area contributed by atoms with Crippen LogP contribution in [-0.4, -0.2) is 51.1 Å². The summed E-state index contributed by atoms with van der Waals surface area (Å²) < 4.78 is 47.2. The molecule has 0 spiro atoms. The van der Waals surface area contributed by atoms with Crippen molar-refractivity contribution in [3.05, 3.63) is 63.3 Å². The maximum Gasteiger partial charge on any atom is 0.416 e. The minimum absolute atomic E-state index is 0.0257. The van der Waals surface area contributed by atoms with Crippen molar-refractivity contribution in [1.82, 2.24) is 19.9 Å². The van der Waals surface area contributed by atoms with E-state index in [0.717, 1.165) is 6.07 Å². The minimum Gasteiger partial charge on any atom is -0.372 e. The fourth-order valence-corrected chi connectivity index (χ4v) is 4.35. The van der Waals surface area contributed by atoms with Gasteiger partial charge in [0.05, 0.1) is 40.3 Å². The number of hydrogen-bond donors (Lipinski definition) is 2. The van der Waals surface area contributed by atoms with E-state index in [-0.39, 0.29) is 40.4 Å². The molecule has 3 heterocycles. The zero-order valence-electron chi connectivity index (χ0n) is 19.7. The molecular formula is C24H26F3N5O3. The van der Waals surface area contributed by atoms with Crippen LogP contribution in [0.25, 0.3) is 10.9 Å². The van der Waals surface area contributed by atoms with Crippen LogP contribution in [0.4, 0.5) is 19.0 Å². The number of nitrogens with zero attached hydrogens (tertiary/aromatic N) is 3. The van der Waals surface area contributed by atoms with Crippen LogP contribution >= 0.6 is 0 Å². The van der Waals surface area contributed by atoms with Gasteiger partial charge in [0.15, 0.2) is 0 Å². The Morgan fingerprint density at radius 3 is 2.51 bits per heavy atom. The molecular weight excluding hydrogens is 463 g/mol. The topological polar surface area (TPSA) is 100 Å². The molecule has 0 aliphatic carbocycles. The number of rotatable bonds is 4. The number of hydrogen-bond acceptors (Lipinski definition) is 6. The molecule has 3 aromatic rings. The van der Waals surface area contributed by atoms with Crippen LogP contribution < -0.4 is 10.9 Å². The lowest BCUT2D eigenvalue weighted by Crippen LogP contribution is -2.48. The van der Waals surface area contributed by atoms with Crippen LogP contribution in [0.5, 0.6) is 0 Å². The van der Waals surface area contributed by atoms with Crippen molar-refractivity contribution in [2.24, 2.45) is 0 Å². The lowest BCUT2D eigenvalue weighted by Gasteiger charge is -2.35. The number of H-pyrrole nitrogens is 1. The van der Waals surface area contributed by atoms with E-state index >= 15 is 0 Å². The zero-order chi connectivity index (χ0) is 25.5.